The number of halogens is 3. The third kappa shape index (κ3) is 6.89. The van der Waals surface area contributed by atoms with Crippen molar-refractivity contribution < 1.29 is 27.6 Å². The molecule has 1 aromatic heterocycles. The predicted molar refractivity (Wildman–Crippen MR) is 154 cm³/mol. The highest BCUT2D eigenvalue weighted by Crippen LogP contribution is 2.35. The van der Waals surface area contributed by atoms with Crippen LogP contribution in [0.15, 0.2) is 60.9 Å². The highest BCUT2D eigenvalue weighted by molar-refractivity contribution is 6.04. The van der Waals surface area contributed by atoms with Gasteiger partial charge in [0.05, 0.1) is 21.4 Å². The molecule has 13 heteroatoms. The molecule has 0 spiro atoms. The number of alkyl halides is 3. The van der Waals surface area contributed by atoms with Gasteiger partial charge < -0.3 is 15.0 Å². The molecular formula is C30H29F3N6O4. The maximum Gasteiger partial charge on any atom is 0.416 e. The third-order valence-corrected chi connectivity index (χ3v) is 7.43. The second-order valence-corrected chi connectivity index (χ2v) is 10.3. The van der Waals surface area contributed by atoms with E-state index in [1.54, 1.807) is 13.0 Å². The molecule has 224 valence electrons. The fourth-order valence-corrected chi connectivity index (χ4v) is 4.93. The zero-order chi connectivity index (χ0) is 30.7. The lowest BCUT2D eigenvalue weighted by Gasteiger charge is -2.34. The van der Waals surface area contributed by atoms with Crippen LogP contribution >= 0.6 is 0 Å². The molecule has 0 unspecified atom stereocenters. The predicted octanol–water partition coefficient (Wildman–Crippen LogP) is 6.05. The van der Waals surface area contributed by atoms with Crippen molar-refractivity contribution in [3.8, 4) is 11.6 Å². The number of nitrogens with one attached hydrogen (secondary N) is 1. The van der Waals surface area contributed by atoms with Crippen molar-refractivity contribution in [3.63, 3.8) is 0 Å². The van der Waals surface area contributed by atoms with Gasteiger partial charge in [0.25, 0.3) is 11.6 Å². The molecule has 1 N–H and O–H groups in total. The molecule has 3 aromatic carbocycles. The van der Waals surface area contributed by atoms with E-state index in [2.05, 4.69) is 27.1 Å². The van der Waals surface area contributed by atoms with E-state index in [1.807, 2.05) is 4.90 Å². The molecule has 1 amide bonds. The van der Waals surface area contributed by atoms with E-state index in [0.29, 0.717) is 29.6 Å². The molecule has 1 fully saturated rings. The summed E-state index contributed by atoms with van der Waals surface area (Å²) in [6.45, 7) is 7.89. The first-order valence-electron chi connectivity index (χ1n) is 13.7. The number of fused-ring (bicyclic) bond motifs is 1. The molecule has 1 saturated heterocycles. The standard InChI is InChI=1S/C30H29F3N6O4/c1-3-37-10-12-38(13-11-37)17-21-6-7-22(15-25(21)30(31,32)33)36-28(40)20-5-4-19(2)27(14-20)43-29-24-9-8-23(39(41)42)16-26(24)34-18-35-29/h4-9,14-16,18H,3,10-13,17H2,1-2H3,(H,36,40). The Hall–Kier alpha value is -4.62. The molecule has 0 radical (unpaired) electrons. The van der Waals surface area contributed by atoms with Crippen molar-refractivity contribution in [2.45, 2.75) is 26.6 Å². The Morgan fingerprint density at radius 3 is 2.47 bits per heavy atom. The monoisotopic (exact) mass is 594 g/mol. The smallest absolute Gasteiger partial charge is 0.416 e. The number of carbonyl (C=O) groups is 1. The summed E-state index contributed by atoms with van der Waals surface area (Å²) < 4.78 is 48.1. The summed E-state index contributed by atoms with van der Waals surface area (Å²) in [6, 6.07) is 12.6. The number of benzene rings is 3. The van der Waals surface area contributed by atoms with Gasteiger partial charge >= 0.3 is 6.18 Å². The maximum atomic E-state index is 14.0. The molecule has 10 nitrogen and oxygen atoms in total. The van der Waals surface area contributed by atoms with Gasteiger partial charge in [0.2, 0.25) is 5.88 Å². The Labute approximate surface area is 245 Å². The van der Waals surface area contributed by atoms with Crippen LogP contribution in [-0.2, 0) is 12.7 Å². The van der Waals surface area contributed by atoms with E-state index in [1.165, 1.54) is 48.8 Å². The fourth-order valence-electron chi connectivity index (χ4n) is 4.93. The van der Waals surface area contributed by atoms with Crippen LogP contribution in [0.1, 0.15) is 34.0 Å². The lowest BCUT2D eigenvalue weighted by Crippen LogP contribution is -2.45. The van der Waals surface area contributed by atoms with Gasteiger partial charge in [-0.15, -0.1) is 0 Å². The molecule has 0 saturated carbocycles. The first kappa shape index (κ1) is 29.9. The quantitative estimate of drug-likeness (QED) is 0.194. The summed E-state index contributed by atoms with van der Waals surface area (Å²) in [7, 11) is 0. The number of nitrogens with zero attached hydrogens (tertiary/aromatic N) is 5. The van der Waals surface area contributed by atoms with Crippen LogP contribution in [0.25, 0.3) is 10.9 Å². The Bertz CT molecular complexity index is 1670. The van der Waals surface area contributed by atoms with Gasteiger partial charge in [-0.05, 0) is 54.9 Å². The lowest BCUT2D eigenvalue weighted by molar-refractivity contribution is -0.384. The Morgan fingerprint density at radius 2 is 1.77 bits per heavy atom. The van der Waals surface area contributed by atoms with Gasteiger partial charge in [-0.25, -0.2) is 9.97 Å². The molecule has 5 rings (SSSR count). The number of hydrogen-bond donors (Lipinski definition) is 1. The number of rotatable bonds is 8. The Balaban J connectivity index is 1.34. The zero-order valence-electron chi connectivity index (χ0n) is 23.5. The van der Waals surface area contributed by atoms with Crippen molar-refractivity contribution in [2.75, 3.05) is 38.0 Å². The Kier molecular flexibility index (Phi) is 8.55. The highest BCUT2D eigenvalue weighted by atomic mass is 19.4. The van der Waals surface area contributed by atoms with Crippen LogP contribution in [-0.4, -0.2) is 63.3 Å². The number of nitro groups is 1. The minimum Gasteiger partial charge on any atom is -0.438 e. The number of aryl methyl sites for hydroxylation is 1. The highest BCUT2D eigenvalue weighted by Gasteiger charge is 2.34. The molecule has 2 heterocycles. The SMILES string of the molecule is CCN1CCN(Cc2ccc(NC(=O)c3ccc(C)c(Oc4ncnc5cc([N+](=O)[O-])ccc45)c3)cc2C(F)(F)F)CC1. The van der Waals surface area contributed by atoms with E-state index in [0.717, 1.165) is 25.7 Å². The molecule has 0 bridgehead atoms. The largest absolute Gasteiger partial charge is 0.438 e. The van der Waals surface area contributed by atoms with Gasteiger partial charge in [0.1, 0.15) is 12.1 Å². The van der Waals surface area contributed by atoms with Crippen LogP contribution < -0.4 is 10.1 Å². The summed E-state index contributed by atoms with van der Waals surface area (Å²) in [4.78, 5) is 36.2. The van der Waals surface area contributed by atoms with E-state index in [4.69, 9.17) is 4.74 Å². The number of piperazine rings is 1. The summed E-state index contributed by atoms with van der Waals surface area (Å²) >= 11 is 0. The van der Waals surface area contributed by atoms with Crippen LogP contribution in [0.3, 0.4) is 0 Å². The van der Waals surface area contributed by atoms with Crippen LogP contribution in [0.2, 0.25) is 0 Å². The van der Waals surface area contributed by atoms with Crippen LogP contribution in [0.4, 0.5) is 24.5 Å². The number of likely N-dealkylation sites (N-methyl/N-ethyl adjacent to an activating group) is 1. The Morgan fingerprint density at radius 1 is 1.02 bits per heavy atom. The molecule has 1 aliphatic heterocycles. The topological polar surface area (TPSA) is 114 Å². The van der Waals surface area contributed by atoms with Gasteiger partial charge in [0, 0.05) is 56.1 Å². The maximum absolute atomic E-state index is 14.0. The minimum absolute atomic E-state index is 0.0170. The summed E-state index contributed by atoms with van der Waals surface area (Å²) in [6.07, 6.45) is -3.38. The second-order valence-electron chi connectivity index (χ2n) is 10.3. The van der Waals surface area contributed by atoms with Crippen LogP contribution in [0.5, 0.6) is 11.6 Å². The second kappa shape index (κ2) is 12.3. The molecule has 0 aliphatic carbocycles. The van der Waals surface area contributed by atoms with Gasteiger partial charge in [-0.2, -0.15) is 13.2 Å². The van der Waals surface area contributed by atoms with Crippen molar-refractivity contribution in [3.05, 3.63) is 93.3 Å². The lowest BCUT2D eigenvalue weighted by atomic mass is 10.0. The van der Waals surface area contributed by atoms with Crippen molar-refractivity contribution in [2.24, 2.45) is 0 Å². The first-order valence-corrected chi connectivity index (χ1v) is 13.7. The van der Waals surface area contributed by atoms with Crippen molar-refractivity contribution in [1.82, 2.24) is 19.8 Å². The van der Waals surface area contributed by atoms with E-state index in [9.17, 15) is 28.1 Å². The molecule has 0 atom stereocenters. The third-order valence-electron chi connectivity index (χ3n) is 7.43. The number of anilines is 1. The van der Waals surface area contributed by atoms with Gasteiger partial charge in [-0.1, -0.05) is 19.1 Å². The van der Waals surface area contributed by atoms with Gasteiger partial charge in [0.15, 0.2) is 0 Å². The van der Waals surface area contributed by atoms with Crippen molar-refractivity contribution >= 4 is 28.2 Å². The molecule has 1 aliphatic rings. The van der Waals surface area contributed by atoms with E-state index >= 15 is 0 Å². The molecular weight excluding hydrogens is 565 g/mol. The van der Waals surface area contributed by atoms with Crippen molar-refractivity contribution in [1.29, 1.82) is 0 Å². The summed E-state index contributed by atoms with van der Waals surface area (Å²) in [5, 5.41) is 14.1. The van der Waals surface area contributed by atoms with Crippen LogP contribution in [0, 0.1) is 17.0 Å². The van der Waals surface area contributed by atoms with E-state index < -0.39 is 22.6 Å². The zero-order valence-corrected chi connectivity index (χ0v) is 23.5. The average molecular weight is 595 g/mol. The average Bonchev–Trinajstić information content (AvgIpc) is 2.98. The summed E-state index contributed by atoms with van der Waals surface area (Å²) in [5.41, 5.74) is 0.371. The minimum atomic E-state index is -4.59. The summed E-state index contributed by atoms with van der Waals surface area (Å²) in [5.74, 6) is -0.216. The number of hydrogen-bond acceptors (Lipinski definition) is 8. The number of non-ortho nitro benzene ring substituents is 1. The normalized spacial score (nSPS) is 14.5. The number of amides is 1. The fraction of sp³-hybridized carbons (Fsp3) is 0.300. The number of aromatic nitrogens is 2. The molecule has 4 aromatic rings. The number of ether oxygens (including phenoxy) is 1. The van der Waals surface area contributed by atoms with Gasteiger partial charge in [-0.3, -0.25) is 19.8 Å². The first-order chi connectivity index (χ1) is 20.5. The molecule has 43 heavy (non-hydrogen) atoms. The number of nitro benzene ring substituents is 1. The van der Waals surface area contributed by atoms with E-state index in [-0.39, 0.29) is 40.7 Å². The number of carbonyl (C=O) groups excluding carboxylic acids is 1.